The first-order valence-electron chi connectivity index (χ1n) is 4.23. The molecule has 0 radical (unpaired) electrons. The third kappa shape index (κ3) is 3.25. The van der Waals surface area contributed by atoms with Crippen molar-refractivity contribution in [3.63, 3.8) is 0 Å². The second-order valence-electron chi connectivity index (χ2n) is 3.14. The zero-order valence-corrected chi connectivity index (χ0v) is 7.66. The highest BCUT2D eigenvalue weighted by Crippen LogP contribution is 2.25. The maximum absolute atomic E-state index is 9.80. The Morgan fingerprint density at radius 3 is 2.00 bits per heavy atom. The van der Waals surface area contributed by atoms with Gasteiger partial charge in [0, 0.05) is 0 Å². The molecule has 1 unspecified atom stereocenters. The van der Waals surface area contributed by atoms with Crippen molar-refractivity contribution in [2.45, 2.75) is 19.4 Å². The highest BCUT2D eigenvalue weighted by atomic mass is 16.1. The largest absolute Gasteiger partial charge is 0.368 e. The third-order valence-corrected chi connectivity index (χ3v) is 1.82. The van der Waals surface area contributed by atoms with Crippen LogP contribution < -0.4 is 11.5 Å². The molecule has 13 heavy (non-hydrogen) atoms. The summed E-state index contributed by atoms with van der Waals surface area (Å²) in [5, 5.41) is 0. The number of primary amides is 1. The predicted octanol–water partition coefficient (Wildman–Crippen LogP) is 0.410. The Hall–Kier alpha value is -1.35. The highest BCUT2D eigenvalue weighted by molar-refractivity contribution is 5.78. The molecule has 1 aromatic rings. The maximum Gasteiger partial charge on any atom is 0.234 e. The van der Waals surface area contributed by atoms with Gasteiger partial charge in [-0.2, -0.15) is 0 Å². The van der Waals surface area contributed by atoms with Gasteiger partial charge in [0.1, 0.15) is 0 Å². The fraction of sp³-hybridized carbons (Fsp3) is 0.300. The normalized spacial score (nSPS) is 13.4. The predicted molar refractivity (Wildman–Crippen MR) is 52.1 cm³/mol. The van der Waals surface area contributed by atoms with Crippen molar-refractivity contribution in [2.24, 2.45) is 11.5 Å². The van der Waals surface area contributed by atoms with E-state index in [1.165, 1.54) is 17.5 Å². The van der Waals surface area contributed by atoms with Crippen molar-refractivity contribution < 1.29 is 4.79 Å². The summed E-state index contributed by atoms with van der Waals surface area (Å²) in [7, 11) is 0. The van der Waals surface area contributed by atoms with E-state index < -0.39 is 11.9 Å². The topological polar surface area (TPSA) is 69.1 Å². The average molecular weight is 178 g/mol. The van der Waals surface area contributed by atoms with E-state index in [0.717, 1.165) is 0 Å². The molecule has 0 bridgehead atoms. The molecule has 0 aliphatic heterocycles. The Kier molecular flexibility index (Phi) is 3.03. The quantitative estimate of drug-likeness (QED) is 0.664. The fourth-order valence-corrected chi connectivity index (χ4v) is 0.836. The molecule has 0 saturated heterocycles. The first kappa shape index (κ1) is 9.74. The van der Waals surface area contributed by atoms with Gasteiger partial charge < -0.3 is 11.5 Å². The van der Waals surface area contributed by atoms with Crippen LogP contribution in [0.4, 0.5) is 0 Å². The number of hydrogen-bond donors (Lipinski definition) is 2. The van der Waals surface area contributed by atoms with E-state index in [0.29, 0.717) is 0 Å². The van der Waals surface area contributed by atoms with Gasteiger partial charge in [-0.25, -0.2) is 0 Å². The summed E-state index contributed by atoms with van der Waals surface area (Å²) in [5.41, 5.74) is 12.7. The van der Waals surface area contributed by atoms with Crippen molar-refractivity contribution in [1.29, 1.82) is 0 Å². The number of benzene rings is 1. The zero-order chi connectivity index (χ0) is 9.84. The molecule has 0 fully saturated rings. The monoisotopic (exact) mass is 178 g/mol. The second kappa shape index (κ2) is 4.05. The molecule has 0 saturated carbocycles. The lowest BCUT2D eigenvalue weighted by atomic mass is 10.4. The van der Waals surface area contributed by atoms with E-state index in [1.54, 1.807) is 6.92 Å². The minimum absolute atomic E-state index is 0.463. The van der Waals surface area contributed by atoms with Gasteiger partial charge in [0.25, 0.3) is 0 Å². The zero-order valence-electron chi connectivity index (χ0n) is 7.66. The lowest BCUT2D eigenvalue weighted by Crippen LogP contribution is -2.32. The number of nitrogens with two attached hydrogens (primary N) is 2. The van der Waals surface area contributed by atoms with Gasteiger partial charge in [0.2, 0.25) is 5.91 Å². The second-order valence-corrected chi connectivity index (χ2v) is 3.14. The van der Waals surface area contributed by atoms with E-state index in [-0.39, 0.29) is 0 Å². The Morgan fingerprint density at radius 1 is 1.38 bits per heavy atom. The fourth-order valence-electron chi connectivity index (χ4n) is 0.836. The Bertz CT molecular complexity index is 287. The number of carbonyl (C=O) groups is 1. The van der Waals surface area contributed by atoms with Crippen LogP contribution >= 0.6 is 0 Å². The number of hydrogen-bond acceptors (Lipinski definition) is 2. The molecule has 3 nitrogen and oxygen atoms in total. The molecule has 0 spiro atoms. The average Bonchev–Trinajstić information content (AvgIpc) is 2.83. The van der Waals surface area contributed by atoms with Crippen LogP contribution in [-0.4, -0.2) is 11.9 Å². The molecule has 1 aliphatic rings. The minimum atomic E-state index is -0.509. The van der Waals surface area contributed by atoms with Gasteiger partial charge in [-0.1, -0.05) is 24.3 Å². The summed E-state index contributed by atoms with van der Waals surface area (Å²) in [6, 6.07) is 8.02. The molecule has 3 heteroatoms. The maximum atomic E-state index is 9.80. The molecule has 1 aromatic carbocycles. The summed E-state index contributed by atoms with van der Waals surface area (Å²) in [4.78, 5) is 9.80. The molecule has 70 valence electrons. The molecular formula is C10H14N2O. The van der Waals surface area contributed by atoms with Crippen LogP contribution in [0.25, 0.3) is 0 Å². The summed E-state index contributed by atoms with van der Waals surface area (Å²) >= 11 is 0. The van der Waals surface area contributed by atoms with E-state index in [9.17, 15) is 4.79 Å². The highest BCUT2D eigenvalue weighted by Gasteiger charge is 2.12. The molecule has 0 heterocycles. The molecule has 2 rings (SSSR count). The van der Waals surface area contributed by atoms with Crippen molar-refractivity contribution in [3.8, 4) is 0 Å². The lowest BCUT2D eigenvalue weighted by Gasteiger charge is -1.91. The Labute approximate surface area is 77.7 Å². The van der Waals surface area contributed by atoms with Crippen LogP contribution in [0.1, 0.15) is 18.1 Å². The number of rotatable bonds is 1. The molecule has 0 aromatic heterocycles. The van der Waals surface area contributed by atoms with E-state index in [1.807, 2.05) is 0 Å². The third-order valence-electron chi connectivity index (χ3n) is 1.82. The summed E-state index contributed by atoms with van der Waals surface area (Å²) < 4.78 is 0. The first-order valence-corrected chi connectivity index (χ1v) is 4.23. The van der Waals surface area contributed by atoms with Gasteiger partial charge >= 0.3 is 0 Å². The van der Waals surface area contributed by atoms with Gasteiger partial charge in [0.15, 0.2) is 0 Å². The molecular weight excluding hydrogens is 164 g/mol. The van der Waals surface area contributed by atoms with Crippen LogP contribution in [0.15, 0.2) is 24.3 Å². The van der Waals surface area contributed by atoms with Crippen LogP contribution in [0.5, 0.6) is 0 Å². The van der Waals surface area contributed by atoms with Gasteiger partial charge in [-0.05, 0) is 24.5 Å². The Morgan fingerprint density at radius 2 is 1.77 bits per heavy atom. The summed E-state index contributed by atoms with van der Waals surface area (Å²) in [6.45, 7) is 1.54. The molecule has 4 N–H and O–H groups in total. The van der Waals surface area contributed by atoms with E-state index in [2.05, 4.69) is 30.0 Å². The SMILES string of the molecule is CC(N)C(N)=O.c1ccc2c(c1)C2. The van der Waals surface area contributed by atoms with Crippen LogP contribution in [0.2, 0.25) is 0 Å². The first-order chi connectivity index (χ1) is 6.11. The number of carbonyl (C=O) groups excluding carboxylic acids is 1. The Balaban J connectivity index is 0.000000133. The van der Waals surface area contributed by atoms with Crippen molar-refractivity contribution in [2.75, 3.05) is 0 Å². The summed E-state index contributed by atoms with van der Waals surface area (Å²) in [6.07, 6.45) is 1.24. The minimum Gasteiger partial charge on any atom is -0.368 e. The molecule has 1 atom stereocenters. The summed E-state index contributed by atoms with van der Waals surface area (Å²) in [5.74, 6) is -0.463. The van der Waals surface area contributed by atoms with Crippen LogP contribution in [0, 0.1) is 0 Å². The van der Waals surface area contributed by atoms with E-state index in [4.69, 9.17) is 5.73 Å². The number of fused-ring (bicyclic) bond motifs is 1. The van der Waals surface area contributed by atoms with Crippen molar-refractivity contribution in [1.82, 2.24) is 0 Å². The smallest absolute Gasteiger partial charge is 0.234 e. The van der Waals surface area contributed by atoms with Gasteiger partial charge in [-0.3, -0.25) is 4.79 Å². The van der Waals surface area contributed by atoms with Crippen molar-refractivity contribution in [3.05, 3.63) is 35.4 Å². The van der Waals surface area contributed by atoms with E-state index >= 15 is 0 Å². The van der Waals surface area contributed by atoms with Crippen LogP contribution in [0.3, 0.4) is 0 Å². The van der Waals surface area contributed by atoms with Crippen LogP contribution in [-0.2, 0) is 11.2 Å². The van der Waals surface area contributed by atoms with Gasteiger partial charge in [-0.15, -0.1) is 0 Å². The van der Waals surface area contributed by atoms with Gasteiger partial charge in [0.05, 0.1) is 6.04 Å². The lowest BCUT2D eigenvalue weighted by molar-refractivity contribution is -0.118. The standard InChI is InChI=1S/C7H6.C3H8N2O/c1-2-4-7-5-6(7)3-1;1-2(4)3(5)6/h1-4H,5H2;2H,4H2,1H3,(H2,5,6). The number of amides is 1. The molecule has 1 aliphatic carbocycles. The van der Waals surface area contributed by atoms with Crippen molar-refractivity contribution >= 4 is 5.91 Å². The molecule has 1 amide bonds.